The Kier molecular flexibility index (Phi) is 5.00. The fourth-order valence-electron chi connectivity index (χ4n) is 3.34. The van der Waals surface area contributed by atoms with Gasteiger partial charge in [0.05, 0.1) is 21.2 Å². The van der Waals surface area contributed by atoms with Gasteiger partial charge in [-0.25, -0.2) is 9.89 Å². The lowest BCUT2D eigenvalue weighted by Crippen LogP contribution is -2.30. The molecule has 3 N–H and O–H groups in total. The van der Waals surface area contributed by atoms with Gasteiger partial charge in [0.2, 0.25) is 0 Å². The molecule has 0 radical (unpaired) electrons. The van der Waals surface area contributed by atoms with Crippen LogP contribution in [0.25, 0.3) is 32.7 Å². The number of rotatable bonds is 3. The van der Waals surface area contributed by atoms with Crippen molar-refractivity contribution in [2.75, 3.05) is 0 Å². The highest BCUT2D eigenvalue weighted by Crippen LogP contribution is 2.39. The minimum atomic E-state index is -0.884. The fourth-order valence-corrected chi connectivity index (χ4v) is 4.02. The Morgan fingerprint density at radius 3 is 2.42 bits per heavy atom. The van der Waals surface area contributed by atoms with Crippen LogP contribution >= 0.6 is 23.2 Å². The molecule has 10 nitrogen and oxygen atoms in total. The molecule has 12 heteroatoms. The van der Waals surface area contributed by atoms with Crippen molar-refractivity contribution in [2.45, 2.75) is 19.8 Å². The third-order valence-electron chi connectivity index (χ3n) is 4.67. The van der Waals surface area contributed by atoms with Crippen LogP contribution in [0.5, 0.6) is 0 Å². The number of fused-ring (bicyclic) bond motifs is 1. The molecule has 4 rings (SSSR count). The monoisotopic (exact) mass is 457 g/mol. The molecule has 0 saturated carbocycles. The Bertz CT molecular complexity index is 1550. The van der Waals surface area contributed by atoms with Gasteiger partial charge in [0.15, 0.2) is 0 Å². The third-order valence-corrected chi connectivity index (χ3v) is 5.27. The van der Waals surface area contributed by atoms with E-state index in [4.69, 9.17) is 29.8 Å². The predicted molar refractivity (Wildman–Crippen MR) is 117 cm³/mol. The minimum Gasteiger partial charge on any atom is -0.359 e. The Labute approximate surface area is 183 Å². The largest absolute Gasteiger partial charge is 0.365 e. The number of hydrogen-bond acceptors (Lipinski definition) is 5. The molecule has 156 valence electrons. The van der Waals surface area contributed by atoms with E-state index in [0.717, 1.165) is 4.68 Å². The van der Waals surface area contributed by atoms with Crippen LogP contribution in [0.4, 0.5) is 5.82 Å². The second kappa shape index (κ2) is 7.54. The molecule has 0 bridgehead atoms. The van der Waals surface area contributed by atoms with Gasteiger partial charge in [-0.2, -0.15) is 5.10 Å². The smallest absolute Gasteiger partial charge is 0.359 e. The van der Waals surface area contributed by atoms with Crippen LogP contribution in [-0.4, -0.2) is 29.9 Å². The molecule has 0 saturated heterocycles. The van der Waals surface area contributed by atoms with E-state index >= 15 is 0 Å². The van der Waals surface area contributed by atoms with Gasteiger partial charge in [0.25, 0.3) is 11.1 Å². The summed E-state index contributed by atoms with van der Waals surface area (Å²) in [7, 11) is 0. The third kappa shape index (κ3) is 3.34. The summed E-state index contributed by atoms with van der Waals surface area (Å²) in [6.07, 6.45) is 1.64. The van der Waals surface area contributed by atoms with Crippen LogP contribution in [0.15, 0.2) is 32.7 Å². The molecule has 3 aromatic heterocycles. The van der Waals surface area contributed by atoms with Crippen LogP contribution in [-0.2, 0) is 0 Å². The lowest BCUT2D eigenvalue weighted by Gasteiger charge is -2.09. The first-order valence-corrected chi connectivity index (χ1v) is 9.69. The zero-order chi connectivity index (χ0) is 22.4. The van der Waals surface area contributed by atoms with Gasteiger partial charge >= 0.3 is 11.5 Å². The fraction of sp³-hybridized carbons (Fsp3) is 0.158. The van der Waals surface area contributed by atoms with E-state index in [1.807, 2.05) is 18.8 Å². The molecular formula is C19H13Cl2N7O3. The number of halogens is 2. The molecule has 1 aromatic carbocycles. The first-order valence-electron chi connectivity index (χ1n) is 8.93. The molecule has 31 heavy (non-hydrogen) atoms. The van der Waals surface area contributed by atoms with E-state index < -0.39 is 17.1 Å². The van der Waals surface area contributed by atoms with Crippen LogP contribution in [0.3, 0.4) is 0 Å². The summed E-state index contributed by atoms with van der Waals surface area (Å²) in [5.41, 5.74) is 0.732. The van der Waals surface area contributed by atoms with E-state index in [0.29, 0.717) is 27.7 Å². The number of H-pyrrole nitrogens is 3. The molecule has 4 aromatic rings. The van der Waals surface area contributed by atoms with Gasteiger partial charge < -0.3 is 9.83 Å². The van der Waals surface area contributed by atoms with Crippen LogP contribution < -0.4 is 16.8 Å². The van der Waals surface area contributed by atoms with Crippen molar-refractivity contribution in [3.63, 3.8) is 0 Å². The van der Waals surface area contributed by atoms with E-state index in [-0.39, 0.29) is 27.2 Å². The second-order valence-electron chi connectivity index (χ2n) is 6.94. The Balaban J connectivity index is 1.94. The van der Waals surface area contributed by atoms with Crippen molar-refractivity contribution in [3.05, 3.63) is 76.5 Å². The lowest BCUT2D eigenvalue weighted by atomic mass is 10.0. The Morgan fingerprint density at radius 2 is 1.81 bits per heavy atom. The molecule has 0 atom stereocenters. The number of nitrogens with zero attached hydrogens (tertiary/aromatic N) is 4. The number of aromatic nitrogens is 6. The molecule has 3 heterocycles. The Hall–Kier alpha value is -3.68. The van der Waals surface area contributed by atoms with Crippen LogP contribution in [0.1, 0.15) is 25.3 Å². The Morgan fingerprint density at radius 1 is 1.13 bits per heavy atom. The van der Waals surface area contributed by atoms with Crippen molar-refractivity contribution >= 4 is 40.1 Å². The highest BCUT2D eigenvalue weighted by atomic mass is 35.5. The molecule has 0 unspecified atom stereocenters. The van der Waals surface area contributed by atoms with Crippen molar-refractivity contribution < 1.29 is 0 Å². The molecule has 0 aliphatic carbocycles. The van der Waals surface area contributed by atoms with E-state index in [2.05, 4.69) is 25.1 Å². The summed E-state index contributed by atoms with van der Waals surface area (Å²) in [5, 5.41) is 10.7. The standard InChI is InChI=1S/C19H13Cl2N7O3/c1-7(2)12-15-14(25-26-17(12)29)9(6-23-15)13-10(20)4-8(5-11(13)21)28-19(31)24-18(30)16(22-3)27-28/h4-7,23H,1-2H3,(H,26,29)(H,24,30,31). The summed E-state index contributed by atoms with van der Waals surface area (Å²) < 4.78 is 0.831. The predicted octanol–water partition coefficient (Wildman–Crippen LogP) is 3.13. The first-order chi connectivity index (χ1) is 14.7. The van der Waals surface area contributed by atoms with E-state index in [1.165, 1.54) is 12.1 Å². The number of benzene rings is 1. The topological polar surface area (TPSA) is 134 Å². The highest BCUT2D eigenvalue weighted by Gasteiger charge is 2.21. The maximum atomic E-state index is 12.2. The maximum absolute atomic E-state index is 12.2. The van der Waals surface area contributed by atoms with Crippen molar-refractivity contribution in [2.24, 2.45) is 0 Å². The van der Waals surface area contributed by atoms with Crippen molar-refractivity contribution in [1.29, 1.82) is 0 Å². The normalized spacial score (nSPS) is 11.2. The summed E-state index contributed by atoms with van der Waals surface area (Å²) in [6.45, 7) is 10.8. The number of nitrogens with one attached hydrogen (secondary N) is 3. The minimum absolute atomic E-state index is 0.0519. The van der Waals surface area contributed by atoms with E-state index in [1.54, 1.807) is 6.20 Å². The van der Waals surface area contributed by atoms with Crippen molar-refractivity contribution in [1.82, 2.24) is 29.9 Å². The molecular weight excluding hydrogens is 445 g/mol. The van der Waals surface area contributed by atoms with Gasteiger partial charge in [-0.1, -0.05) is 43.6 Å². The SMILES string of the molecule is [C-]#[N+]c1nn(-c2cc(Cl)c(-c3c[nH]c4c(C(C)C)c(=O)[nH]nc34)c(Cl)c2)c(=O)[nH]c1=O. The van der Waals surface area contributed by atoms with Gasteiger partial charge in [-0.3, -0.25) is 14.6 Å². The summed E-state index contributed by atoms with van der Waals surface area (Å²) in [4.78, 5) is 44.0. The average Bonchev–Trinajstić information content (AvgIpc) is 3.10. The first kappa shape index (κ1) is 20.6. The summed E-state index contributed by atoms with van der Waals surface area (Å²) >= 11 is 13.0. The van der Waals surface area contributed by atoms with Gasteiger partial charge in [-0.15, -0.1) is 4.68 Å². The molecule has 0 spiro atoms. The molecule has 0 amide bonds. The van der Waals surface area contributed by atoms with Crippen LogP contribution in [0, 0.1) is 6.57 Å². The average molecular weight is 458 g/mol. The summed E-state index contributed by atoms with van der Waals surface area (Å²) in [6, 6.07) is 2.86. The second-order valence-corrected chi connectivity index (χ2v) is 7.75. The molecule has 0 aliphatic rings. The summed E-state index contributed by atoms with van der Waals surface area (Å²) in [5.74, 6) is -0.550. The quantitative estimate of drug-likeness (QED) is 0.406. The lowest BCUT2D eigenvalue weighted by molar-refractivity contribution is 0.761. The van der Waals surface area contributed by atoms with Gasteiger partial charge in [-0.05, 0) is 23.1 Å². The maximum Gasteiger partial charge on any atom is 0.365 e. The number of hydrogen-bond donors (Lipinski definition) is 3. The molecule has 0 fully saturated rings. The zero-order valence-corrected chi connectivity index (χ0v) is 17.6. The van der Waals surface area contributed by atoms with Crippen LogP contribution in [0.2, 0.25) is 10.0 Å². The molecule has 0 aliphatic heterocycles. The van der Waals surface area contributed by atoms with E-state index in [9.17, 15) is 14.4 Å². The number of aromatic amines is 3. The van der Waals surface area contributed by atoms with Crippen molar-refractivity contribution in [3.8, 4) is 16.8 Å². The highest BCUT2D eigenvalue weighted by molar-refractivity contribution is 6.40. The van der Waals surface area contributed by atoms with Gasteiger partial charge in [0, 0.05) is 22.9 Å². The van der Waals surface area contributed by atoms with Gasteiger partial charge in [0.1, 0.15) is 5.52 Å². The zero-order valence-electron chi connectivity index (χ0n) is 16.1.